The number of carboxylic acids is 1. The van der Waals surface area contributed by atoms with Crippen molar-refractivity contribution in [2.45, 2.75) is 6.92 Å². The maximum Gasteiger partial charge on any atom is 0.349 e. The van der Waals surface area contributed by atoms with Crippen LogP contribution in [0.1, 0.15) is 15.2 Å². The molecule has 0 aliphatic heterocycles. The third-order valence-electron chi connectivity index (χ3n) is 2.09. The summed E-state index contributed by atoms with van der Waals surface area (Å²) in [5.41, 5.74) is 0.910. The van der Waals surface area contributed by atoms with Crippen LogP contribution in [-0.4, -0.2) is 16.1 Å². The van der Waals surface area contributed by atoms with Crippen molar-refractivity contribution in [3.8, 4) is 10.9 Å². The molecule has 1 aromatic heterocycles. The fourth-order valence-electron chi connectivity index (χ4n) is 1.28. The molecular weight excluding hydrogens is 342 g/mol. The number of ether oxygens (including phenoxy) is 1. The lowest BCUT2D eigenvalue weighted by molar-refractivity contribution is 0.0702. The number of aryl methyl sites for hydroxylation is 1. The third-order valence-corrected chi connectivity index (χ3v) is 3.89. The van der Waals surface area contributed by atoms with Crippen LogP contribution in [0.4, 0.5) is 0 Å². The highest BCUT2D eigenvalue weighted by molar-refractivity contribution is 9.10. The second-order valence-corrected chi connectivity index (χ2v) is 5.65. The molecule has 1 heterocycles. The lowest BCUT2D eigenvalue weighted by Crippen LogP contribution is -1.91. The number of rotatable bonds is 3. The highest BCUT2D eigenvalue weighted by Gasteiger charge is 2.17. The lowest BCUT2D eigenvalue weighted by atomic mass is 10.2. The topological polar surface area (TPSA) is 59.4 Å². The first-order chi connectivity index (χ1) is 8.47. The van der Waals surface area contributed by atoms with Crippen LogP contribution in [-0.2, 0) is 0 Å². The van der Waals surface area contributed by atoms with Crippen molar-refractivity contribution in [2.24, 2.45) is 0 Å². The number of hydrogen-bond acceptors (Lipinski definition) is 4. The molecule has 0 radical (unpaired) electrons. The van der Waals surface area contributed by atoms with E-state index in [1.165, 1.54) is 0 Å². The molecule has 0 unspecified atom stereocenters. The first-order valence-electron chi connectivity index (χ1n) is 4.81. The van der Waals surface area contributed by atoms with Gasteiger partial charge in [0, 0.05) is 4.47 Å². The highest BCUT2D eigenvalue weighted by Crippen LogP contribution is 2.33. The maximum atomic E-state index is 10.8. The normalized spacial score (nSPS) is 10.4. The fourth-order valence-corrected chi connectivity index (χ4v) is 2.74. The van der Waals surface area contributed by atoms with E-state index in [1.54, 1.807) is 6.07 Å². The number of benzene rings is 1. The standard InChI is InChI=1S/C11H7BrClNO3S/c1-5-4-6(12)2-3-7(5)17-11-14-9(13)8(18-11)10(15)16/h2-4H,1H3,(H,15,16). The minimum atomic E-state index is -1.11. The molecule has 18 heavy (non-hydrogen) atoms. The summed E-state index contributed by atoms with van der Waals surface area (Å²) in [6.07, 6.45) is 0. The summed E-state index contributed by atoms with van der Waals surface area (Å²) in [6, 6.07) is 5.49. The van der Waals surface area contributed by atoms with Crippen molar-refractivity contribution in [2.75, 3.05) is 0 Å². The zero-order chi connectivity index (χ0) is 13.3. The quantitative estimate of drug-likeness (QED) is 0.895. The van der Waals surface area contributed by atoms with Gasteiger partial charge in [-0.15, -0.1) is 0 Å². The van der Waals surface area contributed by atoms with Gasteiger partial charge >= 0.3 is 5.97 Å². The van der Waals surface area contributed by atoms with Gasteiger partial charge in [0.15, 0.2) is 10.0 Å². The Kier molecular flexibility index (Phi) is 3.89. The molecule has 2 rings (SSSR count). The molecule has 1 aromatic carbocycles. The molecule has 0 aliphatic rings. The van der Waals surface area contributed by atoms with Crippen molar-refractivity contribution >= 4 is 44.8 Å². The van der Waals surface area contributed by atoms with E-state index >= 15 is 0 Å². The molecule has 4 nitrogen and oxygen atoms in total. The molecule has 0 saturated carbocycles. The van der Waals surface area contributed by atoms with Crippen LogP contribution in [0.5, 0.6) is 10.9 Å². The van der Waals surface area contributed by atoms with Crippen molar-refractivity contribution in [1.82, 2.24) is 4.98 Å². The largest absolute Gasteiger partial charge is 0.477 e. The Morgan fingerprint density at radius 3 is 2.83 bits per heavy atom. The number of halogens is 2. The second kappa shape index (κ2) is 5.26. The summed E-state index contributed by atoms with van der Waals surface area (Å²) < 4.78 is 6.46. The van der Waals surface area contributed by atoms with E-state index in [0.29, 0.717) is 5.75 Å². The van der Waals surface area contributed by atoms with Crippen LogP contribution in [0.15, 0.2) is 22.7 Å². The van der Waals surface area contributed by atoms with Crippen LogP contribution in [0.25, 0.3) is 0 Å². The molecule has 0 spiro atoms. The van der Waals surface area contributed by atoms with Gasteiger partial charge in [0.2, 0.25) is 0 Å². The van der Waals surface area contributed by atoms with Gasteiger partial charge in [0.25, 0.3) is 5.19 Å². The van der Waals surface area contributed by atoms with Gasteiger partial charge < -0.3 is 9.84 Å². The molecule has 0 amide bonds. The Labute approximate surface area is 120 Å². The molecule has 0 aliphatic carbocycles. The lowest BCUT2D eigenvalue weighted by Gasteiger charge is -2.05. The summed E-state index contributed by atoms with van der Waals surface area (Å²) in [5.74, 6) is -0.500. The van der Waals surface area contributed by atoms with Gasteiger partial charge in [0.05, 0.1) is 0 Å². The van der Waals surface area contributed by atoms with E-state index in [0.717, 1.165) is 21.4 Å². The van der Waals surface area contributed by atoms with Crippen LogP contribution < -0.4 is 4.74 Å². The van der Waals surface area contributed by atoms with Crippen LogP contribution in [0.3, 0.4) is 0 Å². The van der Waals surface area contributed by atoms with E-state index < -0.39 is 5.97 Å². The molecular formula is C11H7BrClNO3S. The van der Waals surface area contributed by atoms with Crippen molar-refractivity contribution in [3.63, 3.8) is 0 Å². The Balaban J connectivity index is 2.29. The van der Waals surface area contributed by atoms with Crippen LogP contribution >= 0.6 is 38.9 Å². The summed E-state index contributed by atoms with van der Waals surface area (Å²) in [6.45, 7) is 1.88. The maximum absolute atomic E-state index is 10.8. The van der Waals surface area contributed by atoms with Gasteiger partial charge in [0.1, 0.15) is 5.75 Å². The highest BCUT2D eigenvalue weighted by atomic mass is 79.9. The van der Waals surface area contributed by atoms with Gasteiger partial charge in [-0.05, 0) is 30.7 Å². The third kappa shape index (κ3) is 2.82. The number of nitrogens with zero attached hydrogens (tertiary/aromatic N) is 1. The smallest absolute Gasteiger partial charge is 0.349 e. The Bertz CT molecular complexity index is 614. The van der Waals surface area contributed by atoms with Gasteiger partial charge in [-0.2, -0.15) is 4.98 Å². The first-order valence-corrected chi connectivity index (χ1v) is 6.79. The number of hydrogen-bond donors (Lipinski definition) is 1. The molecule has 1 N–H and O–H groups in total. The number of aromatic carboxylic acids is 1. The fraction of sp³-hybridized carbons (Fsp3) is 0.0909. The average molecular weight is 349 g/mol. The average Bonchev–Trinajstić information content (AvgIpc) is 2.64. The van der Waals surface area contributed by atoms with Crippen molar-refractivity contribution < 1.29 is 14.6 Å². The van der Waals surface area contributed by atoms with Crippen molar-refractivity contribution in [1.29, 1.82) is 0 Å². The SMILES string of the molecule is Cc1cc(Br)ccc1Oc1nc(Cl)c(C(=O)O)s1. The molecule has 0 bridgehead atoms. The summed E-state index contributed by atoms with van der Waals surface area (Å²) in [5, 5.41) is 9.01. The van der Waals surface area contributed by atoms with Crippen molar-refractivity contribution in [3.05, 3.63) is 38.3 Å². The number of aromatic nitrogens is 1. The van der Waals surface area contributed by atoms with Gasteiger partial charge in [-0.25, -0.2) is 4.79 Å². The number of thiazole rings is 1. The minimum absolute atomic E-state index is 0.0265. The van der Waals surface area contributed by atoms with E-state index in [1.807, 2.05) is 19.1 Å². The van der Waals surface area contributed by atoms with E-state index in [4.69, 9.17) is 21.4 Å². The zero-order valence-corrected chi connectivity index (χ0v) is 12.3. The Morgan fingerprint density at radius 1 is 1.56 bits per heavy atom. The van der Waals surface area contributed by atoms with E-state index in [2.05, 4.69) is 20.9 Å². The van der Waals surface area contributed by atoms with E-state index in [-0.39, 0.29) is 15.2 Å². The first kappa shape index (κ1) is 13.3. The monoisotopic (exact) mass is 347 g/mol. The molecule has 0 saturated heterocycles. The predicted molar refractivity (Wildman–Crippen MR) is 73.0 cm³/mol. The van der Waals surface area contributed by atoms with Crippen LogP contribution in [0, 0.1) is 6.92 Å². The summed E-state index contributed by atoms with van der Waals surface area (Å²) in [7, 11) is 0. The molecule has 7 heteroatoms. The van der Waals surface area contributed by atoms with Crippen LogP contribution in [0.2, 0.25) is 5.15 Å². The minimum Gasteiger partial charge on any atom is -0.477 e. The number of carboxylic acid groups (broad SMARTS) is 1. The van der Waals surface area contributed by atoms with Gasteiger partial charge in [-0.1, -0.05) is 38.9 Å². The second-order valence-electron chi connectivity index (χ2n) is 3.42. The number of carbonyl (C=O) groups is 1. The van der Waals surface area contributed by atoms with Gasteiger partial charge in [-0.3, -0.25) is 0 Å². The van der Waals surface area contributed by atoms with E-state index in [9.17, 15) is 4.79 Å². The Hall–Kier alpha value is -1.11. The Morgan fingerprint density at radius 2 is 2.28 bits per heavy atom. The molecule has 0 atom stereocenters. The molecule has 2 aromatic rings. The molecule has 0 fully saturated rings. The summed E-state index contributed by atoms with van der Waals surface area (Å²) >= 11 is 9.95. The summed E-state index contributed by atoms with van der Waals surface area (Å²) in [4.78, 5) is 14.7. The predicted octanol–water partition coefficient (Wildman–Crippen LogP) is 4.36. The zero-order valence-electron chi connectivity index (χ0n) is 9.11. The molecule has 94 valence electrons.